The third-order valence-electron chi connectivity index (χ3n) is 4.86. The van der Waals surface area contributed by atoms with Crippen LogP contribution in [0.5, 0.6) is 11.5 Å². The van der Waals surface area contributed by atoms with Crippen molar-refractivity contribution < 1.29 is 19.4 Å². The predicted molar refractivity (Wildman–Crippen MR) is 106 cm³/mol. The molecule has 1 saturated heterocycles. The number of hydrogen-bond donors (Lipinski definition) is 1. The lowest BCUT2D eigenvalue weighted by Gasteiger charge is -2.32. The van der Waals surface area contributed by atoms with Crippen LogP contribution in [0.25, 0.3) is 0 Å². The van der Waals surface area contributed by atoms with Gasteiger partial charge < -0.3 is 19.6 Å². The molecule has 2 fully saturated rings. The summed E-state index contributed by atoms with van der Waals surface area (Å²) in [6.07, 6.45) is 3.61. The maximum Gasteiger partial charge on any atom is 0.260 e. The van der Waals surface area contributed by atoms with E-state index in [9.17, 15) is 9.59 Å². The Bertz CT molecular complexity index is 752. The monoisotopic (exact) mass is 382 g/mol. The van der Waals surface area contributed by atoms with E-state index in [-0.39, 0.29) is 18.3 Å². The van der Waals surface area contributed by atoms with E-state index < -0.39 is 0 Å². The molecule has 1 heterocycles. The standard InChI is InChI=1S/C13H16N2O4.C9H10/c16-10-14-5-7-15(8-6-14)13(18)9-19-12-3-1-11(17)2-4-12;1-2-4-8(5-3-1)9-6-7-9/h1-4,10,17H,5-9H2;1-5,9H,6-7H2. The Morgan fingerprint density at radius 3 is 2.21 bits per heavy atom. The fraction of sp³-hybridized carbons (Fsp3) is 0.364. The van der Waals surface area contributed by atoms with Crippen LogP contribution in [-0.2, 0) is 9.59 Å². The van der Waals surface area contributed by atoms with E-state index in [4.69, 9.17) is 9.84 Å². The number of carbonyl (C=O) groups excluding carboxylic acids is 2. The first-order valence-corrected chi connectivity index (χ1v) is 9.59. The summed E-state index contributed by atoms with van der Waals surface area (Å²) in [4.78, 5) is 25.8. The molecule has 0 aromatic heterocycles. The number of phenolic OH excluding ortho intramolecular Hbond substituents is 1. The zero-order valence-corrected chi connectivity index (χ0v) is 15.9. The molecule has 4 rings (SSSR count). The summed E-state index contributed by atoms with van der Waals surface area (Å²) in [5.41, 5.74) is 1.53. The Hall–Kier alpha value is -3.02. The molecule has 0 atom stereocenters. The third kappa shape index (κ3) is 6.01. The summed E-state index contributed by atoms with van der Waals surface area (Å²) in [6, 6.07) is 17.0. The van der Waals surface area contributed by atoms with Gasteiger partial charge in [0.15, 0.2) is 6.61 Å². The molecule has 0 unspecified atom stereocenters. The molecule has 1 aliphatic carbocycles. The Balaban J connectivity index is 0.000000206. The molecule has 0 radical (unpaired) electrons. The smallest absolute Gasteiger partial charge is 0.260 e. The van der Waals surface area contributed by atoms with Gasteiger partial charge >= 0.3 is 0 Å². The number of phenols is 1. The number of amides is 2. The summed E-state index contributed by atoms with van der Waals surface area (Å²) >= 11 is 0. The molecule has 6 heteroatoms. The van der Waals surface area contributed by atoms with Gasteiger partial charge in [-0.2, -0.15) is 0 Å². The first-order chi connectivity index (χ1) is 13.7. The molecular weight excluding hydrogens is 356 g/mol. The minimum absolute atomic E-state index is 0.0358. The Morgan fingerprint density at radius 1 is 1.00 bits per heavy atom. The molecule has 28 heavy (non-hydrogen) atoms. The molecular formula is C22H26N2O4. The molecule has 2 aliphatic rings. The molecule has 2 amide bonds. The van der Waals surface area contributed by atoms with Crippen LogP contribution in [0.2, 0.25) is 0 Å². The van der Waals surface area contributed by atoms with Gasteiger partial charge in [0, 0.05) is 26.2 Å². The lowest BCUT2D eigenvalue weighted by Crippen LogP contribution is -2.49. The number of nitrogens with zero attached hydrogens (tertiary/aromatic N) is 2. The quantitative estimate of drug-likeness (QED) is 0.807. The first kappa shape index (κ1) is 19.7. The minimum atomic E-state index is -0.0985. The van der Waals surface area contributed by atoms with Crippen molar-refractivity contribution in [3.63, 3.8) is 0 Å². The molecule has 0 spiro atoms. The number of ether oxygens (including phenoxy) is 1. The van der Waals surface area contributed by atoms with Crippen molar-refractivity contribution >= 4 is 12.3 Å². The van der Waals surface area contributed by atoms with Crippen molar-refractivity contribution in [3.8, 4) is 11.5 Å². The molecule has 6 nitrogen and oxygen atoms in total. The van der Waals surface area contributed by atoms with Gasteiger partial charge in [0.25, 0.3) is 5.91 Å². The first-order valence-electron chi connectivity index (χ1n) is 9.59. The highest BCUT2D eigenvalue weighted by Crippen LogP contribution is 2.39. The predicted octanol–water partition coefficient (Wildman–Crippen LogP) is 2.64. The number of piperazine rings is 1. The zero-order chi connectivity index (χ0) is 19.8. The lowest BCUT2D eigenvalue weighted by atomic mass is 10.1. The highest BCUT2D eigenvalue weighted by Gasteiger charge is 2.22. The molecule has 2 aromatic rings. The van der Waals surface area contributed by atoms with Gasteiger partial charge in [-0.1, -0.05) is 30.3 Å². The van der Waals surface area contributed by atoms with Crippen LogP contribution < -0.4 is 4.74 Å². The number of benzene rings is 2. The average molecular weight is 382 g/mol. The molecule has 1 N–H and O–H groups in total. The van der Waals surface area contributed by atoms with Crippen molar-refractivity contribution in [2.45, 2.75) is 18.8 Å². The number of hydrogen-bond acceptors (Lipinski definition) is 4. The topological polar surface area (TPSA) is 70.1 Å². The summed E-state index contributed by atoms with van der Waals surface area (Å²) in [6.45, 7) is 2.17. The minimum Gasteiger partial charge on any atom is -0.508 e. The molecule has 148 valence electrons. The van der Waals surface area contributed by atoms with Crippen LogP contribution >= 0.6 is 0 Å². The van der Waals surface area contributed by atoms with Crippen LogP contribution in [0.4, 0.5) is 0 Å². The van der Waals surface area contributed by atoms with Crippen molar-refractivity contribution in [1.82, 2.24) is 9.80 Å². The second kappa shape index (κ2) is 9.78. The zero-order valence-electron chi connectivity index (χ0n) is 15.9. The van der Waals surface area contributed by atoms with E-state index in [1.807, 2.05) is 0 Å². The molecule has 1 aliphatic heterocycles. The van der Waals surface area contributed by atoms with Gasteiger partial charge in [-0.3, -0.25) is 9.59 Å². The van der Waals surface area contributed by atoms with Crippen LogP contribution in [0.3, 0.4) is 0 Å². The normalized spacial score (nSPS) is 16.0. The van der Waals surface area contributed by atoms with E-state index in [0.29, 0.717) is 31.9 Å². The van der Waals surface area contributed by atoms with Crippen molar-refractivity contribution in [3.05, 3.63) is 60.2 Å². The van der Waals surface area contributed by atoms with E-state index in [1.54, 1.807) is 21.9 Å². The van der Waals surface area contributed by atoms with E-state index in [0.717, 1.165) is 12.3 Å². The van der Waals surface area contributed by atoms with Crippen molar-refractivity contribution in [1.29, 1.82) is 0 Å². The van der Waals surface area contributed by atoms with Crippen LogP contribution in [0, 0.1) is 0 Å². The molecule has 2 aromatic carbocycles. The van der Waals surface area contributed by atoms with Gasteiger partial charge in [-0.15, -0.1) is 0 Å². The molecule has 1 saturated carbocycles. The Kier molecular flexibility index (Phi) is 6.89. The van der Waals surface area contributed by atoms with Gasteiger partial charge in [0.1, 0.15) is 11.5 Å². The summed E-state index contributed by atoms with van der Waals surface area (Å²) < 4.78 is 5.34. The van der Waals surface area contributed by atoms with E-state index >= 15 is 0 Å². The van der Waals surface area contributed by atoms with Gasteiger partial charge in [-0.05, 0) is 48.6 Å². The van der Waals surface area contributed by atoms with Gasteiger partial charge in [0.05, 0.1) is 0 Å². The van der Waals surface area contributed by atoms with Crippen LogP contribution in [-0.4, -0.2) is 60.0 Å². The summed E-state index contributed by atoms with van der Waals surface area (Å²) in [5, 5.41) is 9.12. The van der Waals surface area contributed by atoms with E-state index in [2.05, 4.69) is 30.3 Å². The second-order valence-electron chi connectivity index (χ2n) is 6.99. The second-order valence-corrected chi connectivity index (χ2v) is 6.99. The van der Waals surface area contributed by atoms with Crippen molar-refractivity contribution in [2.75, 3.05) is 32.8 Å². The third-order valence-corrected chi connectivity index (χ3v) is 4.86. The Morgan fingerprint density at radius 2 is 1.64 bits per heavy atom. The highest BCUT2D eigenvalue weighted by molar-refractivity contribution is 5.78. The number of rotatable bonds is 5. The Labute approximate surface area is 165 Å². The number of aromatic hydroxyl groups is 1. The number of carbonyl (C=O) groups is 2. The van der Waals surface area contributed by atoms with Crippen molar-refractivity contribution in [2.24, 2.45) is 0 Å². The molecule has 0 bridgehead atoms. The maximum absolute atomic E-state index is 11.9. The fourth-order valence-electron chi connectivity index (χ4n) is 3.00. The largest absolute Gasteiger partial charge is 0.508 e. The summed E-state index contributed by atoms with van der Waals surface area (Å²) in [7, 11) is 0. The fourth-order valence-corrected chi connectivity index (χ4v) is 3.00. The maximum atomic E-state index is 11.9. The SMILES string of the molecule is O=CN1CCN(C(=O)COc2ccc(O)cc2)CC1.c1ccc(C2CC2)cc1. The highest BCUT2D eigenvalue weighted by atomic mass is 16.5. The lowest BCUT2D eigenvalue weighted by molar-refractivity contribution is -0.137. The average Bonchev–Trinajstić information content (AvgIpc) is 3.60. The van der Waals surface area contributed by atoms with Crippen LogP contribution in [0.1, 0.15) is 24.3 Å². The van der Waals surface area contributed by atoms with E-state index in [1.165, 1.54) is 30.5 Å². The van der Waals surface area contributed by atoms with Gasteiger partial charge in [0.2, 0.25) is 6.41 Å². The van der Waals surface area contributed by atoms with Crippen LogP contribution in [0.15, 0.2) is 54.6 Å². The summed E-state index contributed by atoms with van der Waals surface area (Å²) in [5.74, 6) is 1.51. The van der Waals surface area contributed by atoms with Gasteiger partial charge in [-0.25, -0.2) is 0 Å².